The van der Waals surface area contributed by atoms with Gasteiger partial charge in [-0.1, -0.05) is 30.3 Å². The summed E-state index contributed by atoms with van der Waals surface area (Å²) in [6.45, 7) is 1.03. The maximum Gasteiger partial charge on any atom is 0.174 e. The molecular formula is C25H31NO4S. The van der Waals surface area contributed by atoms with Gasteiger partial charge in [0, 0.05) is 31.3 Å². The van der Waals surface area contributed by atoms with Crippen molar-refractivity contribution in [2.75, 3.05) is 18.1 Å². The molecule has 3 atom stereocenters. The van der Waals surface area contributed by atoms with Gasteiger partial charge in [0.05, 0.1) is 12.2 Å². The molecule has 2 aromatic carbocycles. The van der Waals surface area contributed by atoms with Crippen LogP contribution in [0.15, 0.2) is 36.4 Å². The number of aliphatic hydroxyl groups excluding tert-OH is 1. The molecule has 31 heavy (non-hydrogen) atoms. The zero-order valence-corrected chi connectivity index (χ0v) is 18.8. The van der Waals surface area contributed by atoms with Crippen LogP contribution in [0.25, 0.3) is 0 Å². The predicted octanol–water partition coefficient (Wildman–Crippen LogP) is 4.10. The molecule has 166 valence electrons. The Morgan fingerprint density at radius 1 is 1.13 bits per heavy atom. The first-order valence-electron chi connectivity index (χ1n) is 11.4. The minimum Gasteiger partial charge on any atom is -0.393 e. The fourth-order valence-electron chi connectivity index (χ4n) is 4.96. The smallest absolute Gasteiger partial charge is 0.174 e. The highest BCUT2D eigenvalue weighted by Gasteiger charge is 2.35. The summed E-state index contributed by atoms with van der Waals surface area (Å²) < 4.78 is 30.0. The Hall–Kier alpha value is -1.89. The van der Waals surface area contributed by atoms with Crippen LogP contribution in [0.3, 0.4) is 0 Å². The summed E-state index contributed by atoms with van der Waals surface area (Å²) in [5.41, 5.74) is 6.62. The third-order valence-corrected chi connectivity index (χ3v) is 8.07. The van der Waals surface area contributed by atoms with Gasteiger partial charge in [-0.25, -0.2) is 8.42 Å². The van der Waals surface area contributed by atoms with Crippen LogP contribution < -0.4 is 5.32 Å². The summed E-state index contributed by atoms with van der Waals surface area (Å²) in [6, 6.07) is 13.2. The first kappa shape index (κ1) is 21.0. The molecule has 3 unspecified atom stereocenters. The summed E-state index contributed by atoms with van der Waals surface area (Å²) >= 11 is 0. The van der Waals surface area contributed by atoms with Crippen molar-refractivity contribution in [3.8, 4) is 0 Å². The quantitative estimate of drug-likeness (QED) is 0.731. The van der Waals surface area contributed by atoms with E-state index in [1.165, 1.54) is 53.5 Å². The van der Waals surface area contributed by atoms with Gasteiger partial charge in [0.15, 0.2) is 15.3 Å². The molecule has 1 saturated heterocycles. The number of benzene rings is 2. The Morgan fingerprint density at radius 2 is 1.97 bits per heavy atom. The maximum absolute atomic E-state index is 12.0. The van der Waals surface area contributed by atoms with E-state index < -0.39 is 27.5 Å². The topological polar surface area (TPSA) is 75.6 Å². The molecule has 5 rings (SSSR count). The van der Waals surface area contributed by atoms with Crippen molar-refractivity contribution in [2.24, 2.45) is 0 Å². The van der Waals surface area contributed by atoms with Crippen LogP contribution in [0.1, 0.15) is 71.9 Å². The van der Waals surface area contributed by atoms with E-state index >= 15 is 0 Å². The summed E-state index contributed by atoms with van der Waals surface area (Å²) in [7, 11) is -3.37. The van der Waals surface area contributed by atoms with Crippen molar-refractivity contribution in [2.45, 2.75) is 68.5 Å². The van der Waals surface area contributed by atoms with E-state index in [1.54, 1.807) is 0 Å². The van der Waals surface area contributed by atoms with Gasteiger partial charge in [0.2, 0.25) is 0 Å². The van der Waals surface area contributed by atoms with E-state index in [4.69, 9.17) is 4.74 Å². The lowest BCUT2D eigenvalue weighted by molar-refractivity contribution is -0.0641. The van der Waals surface area contributed by atoms with Crippen molar-refractivity contribution in [3.05, 3.63) is 64.2 Å². The molecule has 1 saturated carbocycles. The lowest BCUT2D eigenvalue weighted by atomic mass is 9.90. The second-order valence-corrected chi connectivity index (χ2v) is 11.6. The fourth-order valence-corrected chi connectivity index (χ4v) is 5.87. The van der Waals surface area contributed by atoms with Crippen LogP contribution in [-0.4, -0.2) is 37.9 Å². The van der Waals surface area contributed by atoms with Crippen LogP contribution in [-0.2, 0) is 27.4 Å². The van der Waals surface area contributed by atoms with Crippen molar-refractivity contribution < 1.29 is 18.3 Å². The molecule has 0 aromatic heterocycles. The summed E-state index contributed by atoms with van der Waals surface area (Å²) in [4.78, 5) is 0. The van der Waals surface area contributed by atoms with Gasteiger partial charge in [0.25, 0.3) is 0 Å². The molecule has 0 bridgehead atoms. The van der Waals surface area contributed by atoms with Crippen molar-refractivity contribution in [3.63, 3.8) is 0 Å². The zero-order chi connectivity index (χ0) is 21.6. The van der Waals surface area contributed by atoms with Gasteiger partial charge < -0.3 is 15.2 Å². The number of nitrogens with one attached hydrogen (secondary N) is 1. The average Bonchev–Trinajstić information content (AvgIpc) is 3.58. The Balaban J connectivity index is 1.44. The molecule has 3 aliphatic rings. The van der Waals surface area contributed by atoms with E-state index in [0.717, 1.165) is 24.9 Å². The average molecular weight is 442 g/mol. The normalized spacial score (nSPS) is 26.2. The fraction of sp³-hybridized carbons (Fsp3) is 0.520. The SMILES string of the molecule is CS(=O)(=O)C1CC(O)CC(c2ccc(C3CC3)c(Cc3ccc4c(c3)NCCC4)c2)O1. The van der Waals surface area contributed by atoms with E-state index in [-0.39, 0.29) is 6.42 Å². The molecule has 5 nitrogen and oxygen atoms in total. The van der Waals surface area contributed by atoms with Crippen molar-refractivity contribution in [1.29, 1.82) is 0 Å². The molecule has 0 radical (unpaired) electrons. The van der Waals surface area contributed by atoms with Crippen LogP contribution in [0.4, 0.5) is 5.69 Å². The predicted molar refractivity (Wildman–Crippen MR) is 122 cm³/mol. The second-order valence-electron chi connectivity index (χ2n) is 9.44. The first-order valence-corrected chi connectivity index (χ1v) is 13.3. The first-order chi connectivity index (χ1) is 14.9. The third kappa shape index (κ3) is 4.66. The van der Waals surface area contributed by atoms with Crippen LogP contribution in [0, 0.1) is 0 Å². The van der Waals surface area contributed by atoms with E-state index in [1.807, 2.05) is 0 Å². The Kier molecular flexibility index (Phi) is 5.57. The third-order valence-electron chi connectivity index (χ3n) is 6.81. The number of aryl methyl sites for hydroxylation is 1. The van der Waals surface area contributed by atoms with Crippen LogP contribution in [0.5, 0.6) is 0 Å². The van der Waals surface area contributed by atoms with Gasteiger partial charge in [-0.15, -0.1) is 0 Å². The number of hydrogen-bond donors (Lipinski definition) is 2. The van der Waals surface area contributed by atoms with Gasteiger partial charge in [-0.3, -0.25) is 0 Å². The van der Waals surface area contributed by atoms with Crippen LogP contribution in [0.2, 0.25) is 0 Å². The Morgan fingerprint density at radius 3 is 2.74 bits per heavy atom. The Bertz CT molecular complexity index is 1080. The van der Waals surface area contributed by atoms with E-state index in [9.17, 15) is 13.5 Å². The molecule has 0 spiro atoms. The number of anilines is 1. The number of sulfone groups is 1. The van der Waals surface area contributed by atoms with Gasteiger partial charge in [0.1, 0.15) is 0 Å². The van der Waals surface area contributed by atoms with Gasteiger partial charge >= 0.3 is 0 Å². The lowest BCUT2D eigenvalue weighted by Crippen LogP contribution is -2.36. The molecule has 6 heteroatoms. The molecular weight excluding hydrogens is 410 g/mol. The van der Waals surface area contributed by atoms with E-state index in [0.29, 0.717) is 12.3 Å². The number of aliphatic hydroxyl groups is 1. The molecule has 2 aliphatic heterocycles. The van der Waals surface area contributed by atoms with E-state index in [2.05, 4.69) is 41.7 Å². The molecule has 2 aromatic rings. The molecule has 1 aliphatic carbocycles. The Labute approximate surface area is 184 Å². The highest BCUT2D eigenvalue weighted by atomic mass is 32.2. The highest BCUT2D eigenvalue weighted by Crippen LogP contribution is 2.44. The van der Waals surface area contributed by atoms with Crippen molar-refractivity contribution >= 4 is 15.5 Å². The van der Waals surface area contributed by atoms with Crippen molar-refractivity contribution in [1.82, 2.24) is 0 Å². The molecule has 2 fully saturated rings. The number of ether oxygens (including phenoxy) is 1. The lowest BCUT2D eigenvalue weighted by Gasteiger charge is -2.32. The van der Waals surface area contributed by atoms with Gasteiger partial charge in [-0.05, 0) is 71.9 Å². The van der Waals surface area contributed by atoms with Gasteiger partial charge in [-0.2, -0.15) is 0 Å². The standard InChI is InChI=1S/C25H31NO4S/c1-31(28,29)25-15-21(27)14-24(30-25)19-8-9-22(17-6-7-17)20(13-19)11-16-4-5-18-3-2-10-26-23(18)12-16/h4-5,8-9,12-13,17,21,24-27H,2-3,6-7,10-11,14-15H2,1H3. The monoisotopic (exact) mass is 441 g/mol. The number of hydrogen-bond acceptors (Lipinski definition) is 5. The summed E-state index contributed by atoms with van der Waals surface area (Å²) in [5.74, 6) is 0.626. The maximum atomic E-state index is 12.0. The minimum absolute atomic E-state index is 0.143. The summed E-state index contributed by atoms with van der Waals surface area (Å²) in [6.07, 6.45) is 6.30. The number of fused-ring (bicyclic) bond motifs is 1. The molecule has 2 heterocycles. The number of rotatable bonds is 5. The molecule has 0 amide bonds. The highest BCUT2D eigenvalue weighted by molar-refractivity contribution is 7.91. The minimum atomic E-state index is -3.37. The van der Waals surface area contributed by atoms with Crippen LogP contribution >= 0.6 is 0 Å². The second kappa shape index (κ2) is 8.23. The molecule has 2 N–H and O–H groups in total. The summed E-state index contributed by atoms with van der Waals surface area (Å²) in [5, 5.41) is 13.8. The largest absolute Gasteiger partial charge is 0.393 e. The zero-order valence-electron chi connectivity index (χ0n) is 18.0.